The fraction of sp³-hybridized carbons (Fsp3) is 0.643. The molecule has 2 saturated carbocycles. The number of allylic oxidation sites excluding steroid dienone is 3. The molecule has 0 amide bonds. The Morgan fingerprint density at radius 3 is 3.13 bits per heavy atom. The van der Waals surface area contributed by atoms with Crippen LogP contribution < -0.4 is 0 Å². The Morgan fingerprint density at radius 2 is 2.33 bits per heavy atom. The molecule has 1 nitrogen and oxygen atoms in total. The average Bonchev–Trinajstić information content (AvgIpc) is 2.46. The minimum atomic E-state index is -0.0856. The molecule has 0 heterocycles. The van der Waals surface area contributed by atoms with Crippen molar-refractivity contribution in [1.29, 1.82) is 0 Å². The molecule has 0 aliphatic heterocycles. The van der Waals surface area contributed by atoms with Gasteiger partial charge in [0.05, 0.1) is 0 Å². The van der Waals surface area contributed by atoms with Crippen LogP contribution in [0.25, 0.3) is 0 Å². The molecule has 0 aromatic carbocycles. The number of hydrogen-bond acceptors (Lipinski definition) is 1. The highest BCUT2D eigenvalue weighted by Gasteiger charge is 2.59. The van der Waals surface area contributed by atoms with E-state index in [0.717, 1.165) is 25.7 Å². The predicted octanol–water partition coefficient (Wildman–Crippen LogP) is 3.27. The van der Waals surface area contributed by atoms with Crippen molar-refractivity contribution in [2.45, 2.75) is 39.0 Å². The smallest absolute Gasteiger partial charge is 0.140 e. The summed E-state index contributed by atoms with van der Waals surface area (Å²) in [7, 11) is 0. The maximum atomic E-state index is 12.3. The second-order valence-electron chi connectivity index (χ2n) is 5.79. The van der Waals surface area contributed by atoms with Crippen molar-refractivity contribution < 1.29 is 4.79 Å². The molecule has 0 saturated heterocycles. The van der Waals surface area contributed by atoms with Crippen molar-refractivity contribution in [3.63, 3.8) is 0 Å². The Labute approximate surface area is 91.2 Å². The van der Waals surface area contributed by atoms with Gasteiger partial charge in [0, 0.05) is 17.3 Å². The molecule has 0 aromatic rings. The van der Waals surface area contributed by atoms with Crippen LogP contribution in [0.3, 0.4) is 0 Å². The highest BCUT2D eigenvalue weighted by molar-refractivity contribution is 5.88. The summed E-state index contributed by atoms with van der Waals surface area (Å²) < 4.78 is 0. The van der Waals surface area contributed by atoms with Gasteiger partial charge in [0.2, 0.25) is 0 Å². The minimum absolute atomic E-state index is 0.0856. The summed E-state index contributed by atoms with van der Waals surface area (Å²) in [6.07, 6.45) is 9.70. The van der Waals surface area contributed by atoms with Gasteiger partial charge in [-0.05, 0) is 31.6 Å². The molecule has 0 aromatic heterocycles. The van der Waals surface area contributed by atoms with Gasteiger partial charge in [0.15, 0.2) is 0 Å². The molecule has 3 aliphatic carbocycles. The molecule has 1 spiro atoms. The second-order valence-corrected chi connectivity index (χ2v) is 5.79. The number of carbonyl (C=O) groups excluding carboxylic acids is 1. The zero-order chi connectivity index (χ0) is 10.7. The van der Waals surface area contributed by atoms with Crippen molar-refractivity contribution in [2.75, 3.05) is 0 Å². The van der Waals surface area contributed by atoms with Crippen LogP contribution in [0.4, 0.5) is 0 Å². The molecular formula is C14H18O. The van der Waals surface area contributed by atoms with E-state index in [4.69, 9.17) is 0 Å². The normalized spacial score (nSPS) is 48.2. The first kappa shape index (κ1) is 9.38. The van der Waals surface area contributed by atoms with Gasteiger partial charge in [-0.1, -0.05) is 31.2 Å². The Morgan fingerprint density at radius 1 is 1.53 bits per heavy atom. The lowest BCUT2D eigenvalue weighted by Gasteiger charge is -2.48. The van der Waals surface area contributed by atoms with Crippen LogP contribution in [0.5, 0.6) is 0 Å². The number of fused-ring (bicyclic) bond motifs is 1. The topological polar surface area (TPSA) is 17.1 Å². The molecule has 80 valence electrons. The summed E-state index contributed by atoms with van der Waals surface area (Å²) in [4.78, 5) is 12.3. The van der Waals surface area contributed by atoms with Crippen molar-refractivity contribution in [1.82, 2.24) is 0 Å². The third-order valence-corrected chi connectivity index (χ3v) is 5.12. The molecule has 0 unspecified atom stereocenters. The Hall–Kier alpha value is -0.850. The van der Waals surface area contributed by atoms with E-state index in [1.807, 2.05) is 0 Å². The molecule has 1 heteroatoms. The van der Waals surface area contributed by atoms with Crippen molar-refractivity contribution in [3.05, 3.63) is 24.3 Å². The standard InChI is InChI=1S/C14H18O/c1-10-8-14-6-4-3-5-13(14,2)12(15)7-11(10)9-14/h4,6,11H,1,3,5,7-9H2,2H3/t11-,13-,14-/m1/s1. The van der Waals surface area contributed by atoms with Crippen LogP contribution in [-0.2, 0) is 4.79 Å². The SMILES string of the molecule is C=C1C[C@@]23C=CCC[C@]2(C)C(=O)C[C@@H]1C3. The third kappa shape index (κ3) is 0.965. The van der Waals surface area contributed by atoms with Crippen LogP contribution in [-0.4, -0.2) is 5.78 Å². The van der Waals surface area contributed by atoms with E-state index in [-0.39, 0.29) is 10.8 Å². The molecule has 2 bridgehead atoms. The largest absolute Gasteiger partial charge is 0.299 e. The highest BCUT2D eigenvalue weighted by atomic mass is 16.1. The van der Waals surface area contributed by atoms with Crippen molar-refractivity contribution >= 4 is 5.78 Å². The number of hydrogen-bond donors (Lipinski definition) is 0. The van der Waals surface area contributed by atoms with E-state index >= 15 is 0 Å². The molecule has 3 rings (SSSR count). The summed E-state index contributed by atoms with van der Waals surface area (Å²) in [5, 5.41) is 0. The van der Waals surface area contributed by atoms with Gasteiger partial charge in [0.25, 0.3) is 0 Å². The van der Waals surface area contributed by atoms with Gasteiger partial charge >= 0.3 is 0 Å². The van der Waals surface area contributed by atoms with Crippen LogP contribution in [0.2, 0.25) is 0 Å². The van der Waals surface area contributed by atoms with Gasteiger partial charge in [-0.3, -0.25) is 4.79 Å². The fourth-order valence-electron chi connectivity index (χ4n) is 3.95. The molecule has 3 atom stereocenters. The maximum absolute atomic E-state index is 12.3. The van der Waals surface area contributed by atoms with E-state index in [1.165, 1.54) is 12.0 Å². The second kappa shape index (κ2) is 2.63. The number of carbonyl (C=O) groups is 1. The van der Waals surface area contributed by atoms with Gasteiger partial charge in [-0.25, -0.2) is 0 Å². The first-order chi connectivity index (χ1) is 7.07. The number of Topliss-reactive ketones (excluding diaryl/α,β-unsaturated/α-hetero) is 1. The first-order valence-electron chi connectivity index (χ1n) is 5.96. The summed E-state index contributed by atoms with van der Waals surface area (Å²) in [5.41, 5.74) is 1.37. The first-order valence-corrected chi connectivity index (χ1v) is 5.96. The Bertz CT molecular complexity index is 379. The Balaban J connectivity index is 2.16. The predicted molar refractivity (Wildman–Crippen MR) is 60.4 cm³/mol. The lowest BCUT2D eigenvalue weighted by atomic mass is 9.53. The van der Waals surface area contributed by atoms with E-state index in [2.05, 4.69) is 25.7 Å². The number of ketones is 1. The third-order valence-electron chi connectivity index (χ3n) is 5.12. The van der Waals surface area contributed by atoms with Gasteiger partial charge in [-0.2, -0.15) is 0 Å². The van der Waals surface area contributed by atoms with Crippen molar-refractivity contribution in [2.24, 2.45) is 16.7 Å². The summed E-state index contributed by atoms with van der Waals surface area (Å²) in [6.45, 7) is 6.35. The van der Waals surface area contributed by atoms with Gasteiger partial charge in [-0.15, -0.1) is 0 Å². The van der Waals surface area contributed by atoms with Crippen LogP contribution in [0, 0.1) is 16.7 Å². The molecule has 0 radical (unpaired) electrons. The zero-order valence-electron chi connectivity index (χ0n) is 9.38. The molecule has 15 heavy (non-hydrogen) atoms. The zero-order valence-corrected chi connectivity index (χ0v) is 9.38. The van der Waals surface area contributed by atoms with E-state index in [9.17, 15) is 4.79 Å². The molecule has 3 aliphatic rings. The van der Waals surface area contributed by atoms with E-state index in [1.54, 1.807) is 0 Å². The molecular weight excluding hydrogens is 184 g/mol. The average molecular weight is 202 g/mol. The van der Waals surface area contributed by atoms with Gasteiger partial charge < -0.3 is 0 Å². The molecule has 0 N–H and O–H groups in total. The monoisotopic (exact) mass is 202 g/mol. The van der Waals surface area contributed by atoms with Gasteiger partial charge in [0.1, 0.15) is 5.78 Å². The maximum Gasteiger partial charge on any atom is 0.140 e. The van der Waals surface area contributed by atoms with Crippen LogP contribution in [0.15, 0.2) is 24.3 Å². The molecule has 2 fully saturated rings. The quantitative estimate of drug-likeness (QED) is 0.551. The van der Waals surface area contributed by atoms with Crippen molar-refractivity contribution in [3.8, 4) is 0 Å². The lowest BCUT2D eigenvalue weighted by molar-refractivity contribution is -0.138. The fourth-order valence-corrected chi connectivity index (χ4v) is 3.95. The Kier molecular flexibility index (Phi) is 1.65. The van der Waals surface area contributed by atoms with E-state index < -0.39 is 0 Å². The lowest BCUT2D eigenvalue weighted by Crippen LogP contribution is -2.47. The minimum Gasteiger partial charge on any atom is -0.299 e. The highest BCUT2D eigenvalue weighted by Crippen LogP contribution is 2.64. The van der Waals surface area contributed by atoms with Crippen LogP contribution >= 0.6 is 0 Å². The summed E-state index contributed by atoms with van der Waals surface area (Å²) in [5.74, 6) is 0.968. The summed E-state index contributed by atoms with van der Waals surface area (Å²) >= 11 is 0. The van der Waals surface area contributed by atoms with Crippen LogP contribution in [0.1, 0.15) is 39.0 Å². The number of rotatable bonds is 0. The summed E-state index contributed by atoms with van der Waals surface area (Å²) in [6, 6.07) is 0. The van der Waals surface area contributed by atoms with E-state index in [0.29, 0.717) is 11.7 Å².